The van der Waals surface area contributed by atoms with Crippen LogP contribution in [0.5, 0.6) is 0 Å². The van der Waals surface area contributed by atoms with Gasteiger partial charge in [0.2, 0.25) is 0 Å². The summed E-state index contributed by atoms with van der Waals surface area (Å²) in [5.41, 5.74) is 0. The first-order valence-electron chi connectivity index (χ1n) is 3.42. The Labute approximate surface area is 59.8 Å². The highest BCUT2D eigenvalue weighted by atomic mass is 14.8. The van der Waals surface area contributed by atoms with Gasteiger partial charge in [0, 0.05) is 0 Å². The number of nitrogens with one attached hydrogen (secondary N) is 1. The van der Waals surface area contributed by atoms with Gasteiger partial charge in [0.25, 0.3) is 0 Å². The lowest BCUT2D eigenvalue weighted by atomic mass is 10.1. The minimum absolute atomic E-state index is 0. The van der Waals surface area contributed by atoms with Crippen LogP contribution >= 0.6 is 0 Å². The molecule has 0 heterocycles. The quantitative estimate of drug-likeness (QED) is 0.577. The Kier molecular flexibility index (Phi) is 10.4. The third-order valence-electron chi connectivity index (χ3n) is 1.21. The number of hydrogen-bond acceptors (Lipinski definition) is 1. The summed E-state index contributed by atoms with van der Waals surface area (Å²) in [5, 5.41) is 3.12. The maximum absolute atomic E-state index is 3.12. The van der Waals surface area contributed by atoms with Crippen LogP contribution in [0, 0.1) is 5.92 Å². The van der Waals surface area contributed by atoms with Crippen LogP contribution in [-0.4, -0.2) is 13.6 Å². The van der Waals surface area contributed by atoms with Gasteiger partial charge in [-0.25, -0.2) is 0 Å². The second kappa shape index (κ2) is 7.96. The molecule has 0 amide bonds. The Balaban J connectivity index is 0. The second-order valence-corrected chi connectivity index (χ2v) is 2.64. The van der Waals surface area contributed by atoms with Crippen molar-refractivity contribution in [3.63, 3.8) is 0 Å². The summed E-state index contributed by atoms with van der Waals surface area (Å²) in [5.74, 6) is 0.864. The molecule has 0 saturated carbocycles. The van der Waals surface area contributed by atoms with E-state index in [0.717, 1.165) is 12.5 Å². The summed E-state index contributed by atoms with van der Waals surface area (Å²) >= 11 is 0. The lowest BCUT2D eigenvalue weighted by Gasteiger charge is -2.01. The van der Waals surface area contributed by atoms with Crippen molar-refractivity contribution in [1.82, 2.24) is 5.32 Å². The van der Waals surface area contributed by atoms with E-state index in [0.29, 0.717) is 0 Å². The van der Waals surface area contributed by atoms with Crippen LogP contribution in [0.2, 0.25) is 0 Å². The lowest BCUT2D eigenvalue weighted by Crippen LogP contribution is -2.08. The Morgan fingerprint density at radius 2 is 1.89 bits per heavy atom. The number of hydrogen-bond donors (Lipinski definition) is 1. The average molecular weight is 131 g/mol. The molecule has 0 unspecified atom stereocenters. The Hall–Kier alpha value is -0.0400. The Morgan fingerprint density at radius 1 is 1.33 bits per heavy atom. The highest BCUT2D eigenvalue weighted by Crippen LogP contribution is 2.00. The minimum Gasteiger partial charge on any atom is -0.320 e. The van der Waals surface area contributed by atoms with E-state index in [1.807, 2.05) is 7.05 Å². The van der Waals surface area contributed by atoms with Crippen LogP contribution in [0.1, 0.15) is 34.1 Å². The van der Waals surface area contributed by atoms with Crippen LogP contribution in [0.4, 0.5) is 0 Å². The van der Waals surface area contributed by atoms with Gasteiger partial charge >= 0.3 is 0 Å². The molecule has 0 aliphatic rings. The van der Waals surface area contributed by atoms with E-state index < -0.39 is 0 Å². The van der Waals surface area contributed by atoms with Crippen LogP contribution in [-0.2, 0) is 0 Å². The SMILES string of the molecule is C.CNCCCC(C)C. The molecule has 1 nitrogen and oxygen atoms in total. The summed E-state index contributed by atoms with van der Waals surface area (Å²) in [6, 6.07) is 0. The minimum atomic E-state index is 0. The molecule has 0 aromatic rings. The fourth-order valence-electron chi connectivity index (χ4n) is 0.687. The fraction of sp³-hybridized carbons (Fsp3) is 1.00. The summed E-state index contributed by atoms with van der Waals surface area (Å²) in [6.45, 7) is 5.68. The van der Waals surface area contributed by atoms with Crippen molar-refractivity contribution in [3.05, 3.63) is 0 Å². The fourth-order valence-corrected chi connectivity index (χ4v) is 0.687. The van der Waals surface area contributed by atoms with Gasteiger partial charge in [0.05, 0.1) is 0 Å². The van der Waals surface area contributed by atoms with Gasteiger partial charge in [-0.3, -0.25) is 0 Å². The first-order valence-corrected chi connectivity index (χ1v) is 3.42. The normalized spacial score (nSPS) is 9.33. The Bertz CT molecular complexity index is 41.8. The molecule has 0 spiro atoms. The molecular weight excluding hydrogens is 110 g/mol. The van der Waals surface area contributed by atoms with Gasteiger partial charge in [0.15, 0.2) is 0 Å². The van der Waals surface area contributed by atoms with Gasteiger partial charge in [-0.1, -0.05) is 21.3 Å². The van der Waals surface area contributed by atoms with Crippen LogP contribution in [0.3, 0.4) is 0 Å². The summed E-state index contributed by atoms with van der Waals surface area (Å²) in [7, 11) is 2.00. The summed E-state index contributed by atoms with van der Waals surface area (Å²) in [4.78, 5) is 0. The highest BCUT2D eigenvalue weighted by Gasteiger charge is 1.90. The van der Waals surface area contributed by atoms with Crippen LogP contribution in [0.25, 0.3) is 0 Å². The molecule has 0 atom stereocenters. The van der Waals surface area contributed by atoms with E-state index in [4.69, 9.17) is 0 Å². The van der Waals surface area contributed by atoms with E-state index in [-0.39, 0.29) is 7.43 Å². The third kappa shape index (κ3) is 11.5. The van der Waals surface area contributed by atoms with E-state index in [1.54, 1.807) is 0 Å². The third-order valence-corrected chi connectivity index (χ3v) is 1.21. The molecule has 0 bridgehead atoms. The molecule has 1 N–H and O–H groups in total. The van der Waals surface area contributed by atoms with Crippen molar-refractivity contribution < 1.29 is 0 Å². The summed E-state index contributed by atoms with van der Waals surface area (Å²) in [6.07, 6.45) is 2.66. The predicted octanol–water partition coefficient (Wildman–Crippen LogP) is 2.28. The zero-order valence-corrected chi connectivity index (χ0v) is 6.20. The van der Waals surface area contributed by atoms with Crippen molar-refractivity contribution in [2.75, 3.05) is 13.6 Å². The zero-order valence-electron chi connectivity index (χ0n) is 6.20. The van der Waals surface area contributed by atoms with Gasteiger partial charge in [0.1, 0.15) is 0 Å². The maximum atomic E-state index is 3.12. The summed E-state index contributed by atoms with van der Waals surface area (Å²) < 4.78 is 0. The van der Waals surface area contributed by atoms with Gasteiger partial charge in [-0.15, -0.1) is 0 Å². The van der Waals surface area contributed by atoms with Crippen molar-refractivity contribution >= 4 is 0 Å². The van der Waals surface area contributed by atoms with Crippen LogP contribution < -0.4 is 5.32 Å². The lowest BCUT2D eigenvalue weighted by molar-refractivity contribution is 0.543. The molecule has 0 rings (SSSR count). The van der Waals surface area contributed by atoms with E-state index >= 15 is 0 Å². The molecule has 0 fully saturated rings. The van der Waals surface area contributed by atoms with Gasteiger partial charge in [-0.2, -0.15) is 0 Å². The molecule has 9 heavy (non-hydrogen) atoms. The van der Waals surface area contributed by atoms with E-state index in [1.165, 1.54) is 12.8 Å². The largest absolute Gasteiger partial charge is 0.320 e. The topological polar surface area (TPSA) is 12.0 Å². The van der Waals surface area contributed by atoms with Crippen molar-refractivity contribution in [3.8, 4) is 0 Å². The Morgan fingerprint density at radius 3 is 2.22 bits per heavy atom. The van der Waals surface area contributed by atoms with E-state index in [9.17, 15) is 0 Å². The first kappa shape index (κ1) is 11.7. The molecule has 0 radical (unpaired) electrons. The molecule has 0 saturated heterocycles. The molecule has 0 aromatic carbocycles. The first-order chi connectivity index (χ1) is 3.77. The van der Waals surface area contributed by atoms with Crippen molar-refractivity contribution in [1.29, 1.82) is 0 Å². The molecule has 1 heteroatoms. The molecule has 0 aliphatic carbocycles. The average Bonchev–Trinajstić information content (AvgIpc) is 1.66. The van der Waals surface area contributed by atoms with E-state index in [2.05, 4.69) is 19.2 Å². The highest BCUT2D eigenvalue weighted by molar-refractivity contribution is 4.46. The number of rotatable bonds is 4. The zero-order chi connectivity index (χ0) is 6.41. The molecular formula is C8H21N. The van der Waals surface area contributed by atoms with Gasteiger partial charge < -0.3 is 5.32 Å². The van der Waals surface area contributed by atoms with Crippen molar-refractivity contribution in [2.24, 2.45) is 5.92 Å². The molecule has 58 valence electrons. The van der Waals surface area contributed by atoms with Crippen molar-refractivity contribution in [2.45, 2.75) is 34.1 Å². The molecule has 0 aromatic heterocycles. The molecule has 0 aliphatic heterocycles. The standard InChI is InChI=1S/C7H17N.CH4/c1-7(2)5-4-6-8-3;/h7-8H,4-6H2,1-3H3;1H4. The predicted molar refractivity (Wildman–Crippen MR) is 44.7 cm³/mol. The van der Waals surface area contributed by atoms with Gasteiger partial charge in [-0.05, 0) is 32.4 Å². The maximum Gasteiger partial charge on any atom is -0.00518 e. The monoisotopic (exact) mass is 131 g/mol. The smallest absolute Gasteiger partial charge is 0.00518 e. The second-order valence-electron chi connectivity index (χ2n) is 2.64. The van der Waals surface area contributed by atoms with Crippen LogP contribution in [0.15, 0.2) is 0 Å².